The van der Waals surface area contributed by atoms with E-state index in [2.05, 4.69) is 5.32 Å². The third-order valence-electron chi connectivity index (χ3n) is 2.40. The van der Waals surface area contributed by atoms with Crippen molar-refractivity contribution in [1.82, 2.24) is 5.32 Å². The van der Waals surface area contributed by atoms with Gasteiger partial charge in [-0.3, -0.25) is 9.59 Å². The number of hydrogen-bond acceptors (Lipinski definition) is 4. The van der Waals surface area contributed by atoms with E-state index in [4.69, 9.17) is 26.8 Å². The Morgan fingerprint density at radius 1 is 1.43 bits per heavy atom. The SMILES string of the molecule is CCOc1c(Cl)cc(/C=C/C(=O)NCC(N)=O)cc1OC. The van der Waals surface area contributed by atoms with E-state index in [0.717, 1.165) is 0 Å². The first kappa shape index (κ1) is 16.8. The van der Waals surface area contributed by atoms with Gasteiger partial charge in [0.15, 0.2) is 11.5 Å². The van der Waals surface area contributed by atoms with Crippen LogP contribution in [0.1, 0.15) is 12.5 Å². The van der Waals surface area contributed by atoms with Crippen LogP contribution in [-0.2, 0) is 9.59 Å². The van der Waals surface area contributed by atoms with Crippen LogP contribution in [0.4, 0.5) is 0 Å². The molecule has 0 unspecified atom stereocenters. The number of primary amides is 1. The topological polar surface area (TPSA) is 90.6 Å². The first-order chi connectivity index (χ1) is 9.97. The standard InChI is InChI=1S/C14H17ClN2O4/c1-3-21-14-10(15)6-9(7-11(14)20-2)4-5-13(19)17-8-12(16)18/h4-7H,3,8H2,1-2H3,(H2,16,18)(H,17,19)/b5-4+. The Kier molecular flexibility index (Phi) is 6.55. The van der Waals surface area contributed by atoms with Crippen LogP contribution in [0.5, 0.6) is 11.5 Å². The summed E-state index contributed by atoms with van der Waals surface area (Å²) in [6.45, 7) is 2.09. The number of methoxy groups -OCH3 is 1. The molecule has 0 bridgehead atoms. The lowest BCUT2D eigenvalue weighted by Crippen LogP contribution is -2.32. The van der Waals surface area contributed by atoms with E-state index in [-0.39, 0.29) is 6.54 Å². The van der Waals surface area contributed by atoms with Gasteiger partial charge in [-0.05, 0) is 30.7 Å². The molecule has 1 aromatic carbocycles. The van der Waals surface area contributed by atoms with E-state index >= 15 is 0 Å². The van der Waals surface area contributed by atoms with Crippen molar-refractivity contribution in [3.63, 3.8) is 0 Å². The summed E-state index contributed by atoms with van der Waals surface area (Å²) in [5.74, 6) is -0.112. The van der Waals surface area contributed by atoms with Gasteiger partial charge in [0.05, 0.1) is 25.3 Å². The summed E-state index contributed by atoms with van der Waals surface area (Å²) >= 11 is 6.11. The number of rotatable bonds is 7. The van der Waals surface area contributed by atoms with E-state index < -0.39 is 11.8 Å². The molecule has 0 aliphatic heterocycles. The second-order valence-corrected chi connectivity index (χ2v) is 4.39. The van der Waals surface area contributed by atoms with Crippen molar-refractivity contribution < 1.29 is 19.1 Å². The zero-order valence-corrected chi connectivity index (χ0v) is 12.6. The monoisotopic (exact) mass is 312 g/mol. The number of amides is 2. The lowest BCUT2D eigenvalue weighted by molar-refractivity contribution is -0.122. The molecule has 0 aliphatic carbocycles. The molecule has 0 saturated heterocycles. The number of hydrogen-bond donors (Lipinski definition) is 2. The minimum Gasteiger partial charge on any atom is -0.493 e. The third kappa shape index (κ3) is 5.35. The number of carbonyl (C=O) groups is 2. The van der Waals surface area contributed by atoms with Crippen molar-refractivity contribution in [2.75, 3.05) is 20.3 Å². The van der Waals surface area contributed by atoms with Gasteiger partial charge in [-0.1, -0.05) is 11.6 Å². The minimum atomic E-state index is -0.609. The molecule has 7 heteroatoms. The van der Waals surface area contributed by atoms with Gasteiger partial charge >= 0.3 is 0 Å². The molecule has 6 nitrogen and oxygen atoms in total. The maximum Gasteiger partial charge on any atom is 0.244 e. The molecular weight excluding hydrogens is 296 g/mol. The molecule has 114 valence electrons. The van der Waals surface area contributed by atoms with Gasteiger partial charge in [0.1, 0.15) is 0 Å². The van der Waals surface area contributed by atoms with Crippen molar-refractivity contribution in [2.45, 2.75) is 6.92 Å². The predicted octanol–water partition coefficient (Wildman–Crippen LogP) is 1.36. The average molecular weight is 313 g/mol. The number of halogens is 1. The van der Waals surface area contributed by atoms with E-state index in [1.807, 2.05) is 6.92 Å². The van der Waals surface area contributed by atoms with Gasteiger partial charge in [-0.15, -0.1) is 0 Å². The maximum atomic E-state index is 11.4. The van der Waals surface area contributed by atoms with Gasteiger partial charge in [0.2, 0.25) is 11.8 Å². The minimum absolute atomic E-state index is 0.212. The summed E-state index contributed by atoms with van der Waals surface area (Å²) in [4.78, 5) is 22.0. The molecule has 0 atom stereocenters. The molecule has 2 amide bonds. The molecule has 0 spiro atoms. The molecule has 0 saturated carbocycles. The zero-order chi connectivity index (χ0) is 15.8. The molecule has 21 heavy (non-hydrogen) atoms. The zero-order valence-electron chi connectivity index (χ0n) is 11.8. The fraction of sp³-hybridized carbons (Fsp3) is 0.286. The van der Waals surface area contributed by atoms with Crippen molar-refractivity contribution >= 4 is 29.5 Å². The molecule has 3 N–H and O–H groups in total. The summed E-state index contributed by atoms with van der Waals surface area (Å²) in [7, 11) is 1.50. The number of nitrogens with one attached hydrogen (secondary N) is 1. The average Bonchev–Trinajstić information content (AvgIpc) is 2.45. The highest BCUT2D eigenvalue weighted by atomic mass is 35.5. The Hall–Kier alpha value is -2.21. The summed E-state index contributed by atoms with van der Waals surface area (Å²) in [5.41, 5.74) is 5.59. The smallest absolute Gasteiger partial charge is 0.244 e. The highest BCUT2D eigenvalue weighted by molar-refractivity contribution is 6.32. The Labute approximate surface area is 127 Å². The first-order valence-electron chi connectivity index (χ1n) is 6.22. The normalized spacial score (nSPS) is 10.4. The fourth-order valence-electron chi connectivity index (χ4n) is 1.53. The fourth-order valence-corrected chi connectivity index (χ4v) is 1.80. The Morgan fingerprint density at radius 2 is 2.14 bits per heavy atom. The Bertz CT molecular complexity index is 558. The highest BCUT2D eigenvalue weighted by Gasteiger charge is 2.10. The lowest BCUT2D eigenvalue weighted by atomic mass is 10.2. The summed E-state index contributed by atoms with van der Waals surface area (Å²) in [6.07, 6.45) is 2.81. The van der Waals surface area contributed by atoms with E-state index in [9.17, 15) is 9.59 Å². The van der Waals surface area contributed by atoms with Crippen molar-refractivity contribution in [1.29, 1.82) is 0 Å². The quantitative estimate of drug-likeness (QED) is 0.744. The van der Waals surface area contributed by atoms with Gasteiger partial charge in [0, 0.05) is 6.08 Å². The van der Waals surface area contributed by atoms with Crippen LogP contribution in [0.25, 0.3) is 6.08 Å². The van der Waals surface area contributed by atoms with E-state index in [1.165, 1.54) is 13.2 Å². The van der Waals surface area contributed by atoms with Crippen LogP contribution in [0.2, 0.25) is 5.02 Å². The molecule has 1 aromatic rings. The molecule has 0 fully saturated rings. The van der Waals surface area contributed by atoms with Crippen LogP contribution in [0.3, 0.4) is 0 Å². The van der Waals surface area contributed by atoms with Crippen LogP contribution >= 0.6 is 11.6 Å². The van der Waals surface area contributed by atoms with Crippen molar-refractivity contribution in [3.05, 3.63) is 28.8 Å². The van der Waals surface area contributed by atoms with Crippen LogP contribution in [-0.4, -0.2) is 32.1 Å². The molecule has 0 radical (unpaired) electrons. The van der Waals surface area contributed by atoms with Gasteiger partial charge in [0.25, 0.3) is 0 Å². The van der Waals surface area contributed by atoms with E-state index in [0.29, 0.717) is 28.7 Å². The maximum absolute atomic E-state index is 11.4. The van der Waals surface area contributed by atoms with Crippen LogP contribution in [0.15, 0.2) is 18.2 Å². The number of benzene rings is 1. The van der Waals surface area contributed by atoms with Gasteiger partial charge in [-0.25, -0.2) is 0 Å². The number of nitrogens with two attached hydrogens (primary N) is 1. The Balaban J connectivity index is 2.86. The van der Waals surface area contributed by atoms with Gasteiger partial charge in [-0.2, -0.15) is 0 Å². The first-order valence-corrected chi connectivity index (χ1v) is 6.60. The predicted molar refractivity (Wildman–Crippen MR) is 80.4 cm³/mol. The molecule has 0 aliphatic rings. The number of carbonyl (C=O) groups excluding carboxylic acids is 2. The van der Waals surface area contributed by atoms with Crippen LogP contribution in [0, 0.1) is 0 Å². The second-order valence-electron chi connectivity index (χ2n) is 3.98. The van der Waals surface area contributed by atoms with Crippen LogP contribution < -0.4 is 20.5 Å². The molecule has 1 rings (SSSR count). The summed E-state index contributed by atoms with van der Waals surface area (Å²) in [5, 5.41) is 2.72. The summed E-state index contributed by atoms with van der Waals surface area (Å²) < 4.78 is 10.6. The summed E-state index contributed by atoms with van der Waals surface area (Å²) in [6, 6.07) is 3.33. The van der Waals surface area contributed by atoms with Crippen molar-refractivity contribution in [3.8, 4) is 11.5 Å². The molecular formula is C14H17ClN2O4. The largest absolute Gasteiger partial charge is 0.493 e. The van der Waals surface area contributed by atoms with E-state index in [1.54, 1.807) is 18.2 Å². The Morgan fingerprint density at radius 3 is 2.71 bits per heavy atom. The number of ether oxygens (including phenoxy) is 2. The van der Waals surface area contributed by atoms with Crippen molar-refractivity contribution in [2.24, 2.45) is 5.73 Å². The second kappa shape index (κ2) is 8.16. The molecule has 0 heterocycles. The van der Waals surface area contributed by atoms with Gasteiger partial charge < -0.3 is 20.5 Å². The highest BCUT2D eigenvalue weighted by Crippen LogP contribution is 2.36. The molecule has 0 aromatic heterocycles. The third-order valence-corrected chi connectivity index (χ3v) is 2.69. The lowest BCUT2D eigenvalue weighted by Gasteiger charge is -2.11.